The van der Waals surface area contributed by atoms with E-state index in [0.29, 0.717) is 6.54 Å². The molecule has 0 spiro atoms. The fourth-order valence-corrected chi connectivity index (χ4v) is 2.68. The molecule has 1 aromatic carbocycles. The number of nitrogens with zero attached hydrogens (tertiary/aromatic N) is 3. The summed E-state index contributed by atoms with van der Waals surface area (Å²) < 4.78 is 2.07. The Hall–Kier alpha value is -1.72. The highest BCUT2D eigenvalue weighted by molar-refractivity contribution is 7.15. The van der Waals surface area contributed by atoms with Gasteiger partial charge in [0.15, 0.2) is 5.82 Å². The van der Waals surface area contributed by atoms with Gasteiger partial charge < -0.3 is 5.73 Å². The molecule has 2 N–H and O–H groups in total. The first kappa shape index (κ1) is 10.4. The Morgan fingerprint density at radius 2 is 2.24 bits per heavy atom. The maximum Gasteiger partial charge on any atom is 0.216 e. The number of thiazole rings is 1. The van der Waals surface area contributed by atoms with Crippen LogP contribution in [0.5, 0.6) is 0 Å². The van der Waals surface area contributed by atoms with Crippen LogP contribution in [0.4, 0.5) is 0 Å². The second-order valence-corrected chi connectivity index (χ2v) is 4.76. The van der Waals surface area contributed by atoms with Crippen LogP contribution in [-0.2, 0) is 6.54 Å². The van der Waals surface area contributed by atoms with E-state index in [0.717, 1.165) is 27.6 Å². The van der Waals surface area contributed by atoms with Crippen molar-refractivity contribution in [2.75, 3.05) is 0 Å². The van der Waals surface area contributed by atoms with E-state index in [9.17, 15) is 0 Å². The normalized spacial score (nSPS) is 11.2. The molecule has 0 aliphatic heterocycles. The predicted octanol–water partition coefficient (Wildman–Crippen LogP) is 2.22. The number of hydrogen-bond donors (Lipinski definition) is 1. The lowest BCUT2D eigenvalue weighted by Gasteiger charge is -2.02. The van der Waals surface area contributed by atoms with E-state index in [2.05, 4.69) is 33.0 Å². The molecule has 3 rings (SSSR count). The smallest absolute Gasteiger partial charge is 0.216 e. The van der Waals surface area contributed by atoms with Crippen molar-refractivity contribution in [3.63, 3.8) is 0 Å². The van der Waals surface area contributed by atoms with Crippen LogP contribution in [0.1, 0.15) is 11.3 Å². The van der Waals surface area contributed by atoms with Crippen LogP contribution < -0.4 is 5.73 Å². The van der Waals surface area contributed by atoms with E-state index in [4.69, 9.17) is 5.73 Å². The third-order valence-electron chi connectivity index (χ3n) is 2.74. The molecule has 0 aliphatic rings. The van der Waals surface area contributed by atoms with Crippen molar-refractivity contribution in [1.82, 2.24) is 14.6 Å². The Morgan fingerprint density at radius 1 is 1.35 bits per heavy atom. The molecule has 0 amide bonds. The standard InChI is InChI=1S/C12H12N4S/c1-8-7-17-12-15-14-11(16(8)12)10-4-2-3-9(5-10)6-13/h2-5,7H,6,13H2,1H3. The van der Waals surface area contributed by atoms with Crippen LogP contribution in [0.3, 0.4) is 0 Å². The molecule has 17 heavy (non-hydrogen) atoms. The molecule has 86 valence electrons. The van der Waals surface area contributed by atoms with E-state index in [1.807, 2.05) is 18.2 Å². The Balaban J connectivity index is 2.22. The molecule has 2 aromatic heterocycles. The average molecular weight is 244 g/mol. The molecule has 0 saturated carbocycles. The molecule has 0 bridgehead atoms. The highest BCUT2D eigenvalue weighted by Crippen LogP contribution is 2.23. The minimum absolute atomic E-state index is 0.540. The maximum atomic E-state index is 5.65. The third kappa shape index (κ3) is 1.64. The van der Waals surface area contributed by atoms with E-state index in [1.54, 1.807) is 11.3 Å². The molecule has 0 atom stereocenters. The Morgan fingerprint density at radius 3 is 3.06 bits per heavy atom. The van der Waals surface area contributed by atoms with Gasteiger partial charge in [0.1, 0.15) is 0 Å². The van der Waals surface area contributed by atoms with Crippen LogP contribution in [0.15, 0.2) is 29.6 Å². The molecule has 0 aliphatic carbocycles. The van der Waals surface area contributed by atoms with E-state index >= 15 is 0 Å². The van der Waals surface area contributed by atoms with Gasteiger partial charge in [-0.2, -0.15) is 0 Å². The molecule has 4 nitrogen and oxygen atoms in total. The van der Waals surface area contributed by atoms with Crippen molar-refractivity contribution in [2.45, 2.75) is 13.5 Å². The third-order valence-corrected chi connectivity index (χ3v) is 3.68. The number of rotatable bonds is 2. The fraction of sp³-hybridized carbons (Fsp3) is 0.167. The molecule has 2 heterocycles. The molecule has 0 radical (unpaired) electrons. The summed E-state index contributed by atoms with van der Waals surface area (Å²) in [5.74, 6) is 0.883. The SMILES string of the molecule is Cc1csc2nnc(-c3cccc(CN)c3)n12. The van der Waals surface area contributed by atoms with Crippen LogP contribution in [0, 0.1) is 6.92 Å². The van der Waals surface area contributed by atoms with Gasteiger partial charge in [-0.1, -0.05) is 18.2 Å². The molecule has 0 saturated heterocycles. The molecular weight excluding hydrogens is 232 g/mol. The molecule has 0 unspecified atom stereocenters. The number of aromatic nitrogens is 3. The van der Waals surface area contributed by atoms with Gasteiger partial charge in [0.05, 0.1) is 0 Å². The molecule has 3 aromatic rings. The van der Waals surface area contributed by atoms with Crippen LogP contribution in [0.2, 0.25) is 0 Å². The van der Waals surface area contributed by atoms with Gasteiger partial charge >= 0.3 is 0 Å². The quantitative estimate of drug-likeness (QED) is 0.752. The van der Waals surface area contributed by atoms with E-state index in [-0.39, 0.29) is 0 Å². The Labute approximate surface area is 103 Å². The summed E-state index contributed by atoms with van der Waals surface area (Å²) in [6.45, 7) is 2.60. The number of benzene rings is 1. The maximum absolute atomic E-state index is 5.65. The van der Waals surface area contributed by atoms with E-state index < -0.39 is 0 Å². The summed E-state index contributed by atoms with van der Waals surface area (Å²) in [5, 5.41) is 10.5. The van der Waals surface area contributed by atoms with Gasteiger partial charge in [0, 0.05) is 23.2 Å². The first-order chi connectivity index (χ1) is 8.29. The van der Waals surface area contributed by atoms with Crippen molar-refractivity contribution in [3.8, 4) is 11.4 Å². The lowest BCUT2D eigenvalue weighted by molar-refractivity contribution is 1.06. The zero-order valence-electron chi connectivity index (χ0n) is 9.42. The van der Waals surface area contributed by atoms with Crippen LogP contribution in [-0.4, -0.2) is 14.6 Å². The summed E-state index contributed by atoms with van der Waals surface area (Å²) >= 11 is 1.60. The van der Waals surface area contributed by atoms with E-state index in [1.165, 1.54) is 0 Å². The average Bonchev–Trinajstić information content (AvgIpc) is 2.93. The zero-order chi connectivity index (χ0) is 11.8. The number of fused-ring (bicyclic) bond motifs is 1. The summed E-state index contributed by atoms with van der Waals surface area (Å²) in [4.78, 5) is 0.927. The minimum Gasteiger partial charge on any atom is -0.326 e. The first-order valence-corrected chi connectivity index (χ1v) is 6.26. The van der Waals surface area contributed by atoms with Gasteiger partial charge in [-0.15, -0.1) is 21.5 Å². The topological polar surface area (TPSA) is 56.2 Å². The highest BCUT2D eigenvalue weighted by Gasteiger charge is 2.11. The van der Waals surface area contributed by atoms with Crippen LogP contribution in [0.25, 0.3) is 16.3 Å². The first-order valence-electron chi connectivity index (χ1n) is 5.38. The largest absolute Gasteiger partial charge is 0.326 e. The molecular formula is C12H12N4S. The van der Waals surface area contributed by atoms with Gasteiger partial charge in [-0.05, 0) is 18.6 Å². The lowest BCUT2D eigenvalue weighted by atomic mass is 10.1. The summed E-state index contributed by atoms with van der Waals surface area (Å²) in [5.41, 5.74) is 8.97. The Bertz CT molecular complexity index is 668. The molecule has 0 fully saturated rings. The molecule has 5 heteroatoms. The van der Waals surface area contributed by atoms with Gasteiger partial charge in [0.25, 0.3) is 0 Å². The van der Waals surface area contributed by atoms with Crippen LogP contribution >= 0.6 is 11.3 Å². The summed E-state index contributed by atoms with van der Waals surface area (Å²) in [7, 11) is 0. The number of aryl methyl sites for hydroxylation is 1. The fourth-order valence-electron chi connectivity index (χ4n) is 1.88. The summed E-state index contributed by atoms with van der Waals surface area (Å²) in [6, 6.07) is 8.11. The number of nitrogens with two attached hydrogens (primary N) is 1. The van der Waals surface area contributed by atoms with Crippen molar-refractivity contribution in [3.05, 3.63) is 40.9 Å². The minimum atomic E-state index is 0.540. The monoisotopic (exact) mass is 244 g/mol. The second-order valence-electron chi connectivity index (χ2n) is 3.92. The van der Waals surface area contributed by atoms with Gasteiger partial charge in [-0.3, -0.25) is 4.40 Å². The summed E-state index contributed by atoms with van der Waals surface area (Å²) in [6.07, 6.45) is 0. The van der Waals surface area contributed by atoms with Crippen molar-refractivity contribution in [2.24, 2.45) is 5.73 Å². The zero-order valence-corrected chi connectivity index (χ0v) is 10.2. The van der Waals surface area contributed by atoms with Crippen molar-refractivity contribution in [1.29, 1.82) is 0 Å². The van der Waals surface area contributed by atoms with Crippen molar-refractivity contribution >= 4 is 16.3 Å². The van der Waals surface area contributed by atoms with Gasteiger partial charge in [0.2, 0.25) is 4.96 Å². The highest BCUT2D eigenvalue weighted by atomic mass is 32.1. The van der Waals surface area contributed by atoms with Crippen molar-refractivity contribution < 1.29 is 0 Å². The lowest BCUT2D eigenvalue weighted by Crippen LogP contribution is -1.97. The second kappa shape index (κ2) is 3.94. The number of hydrogen-bond acceptors (Lipinski definition) is 4. The predicted molar refractivity (Wildman–Crippen MR) is 68.9 cm³/mol. The Kier molecular flexibility index (Phi) is 2.42. The van der Waals surface area contributed by atoms with Gasteiger partial charge in [-0.25, -0.2) is 0 Å².